The lowest BCUT2D eigenvalue weighted by Crippen LogP contribution is -2.41. The van der Waals surface area contributed by atoms with Gasteiger partial charge in [0.05, 0.1) is 14.2 Å². The molecule has 184 valence electrons. The Labute approximate surface area is 202 Å². The van der Waals surface area contributed by atoms with Crippen molar-refractivity contribution in [2.75, 3.05) is 44.5 Å². The lowest BCUT2D eigenvalue weighted by Gasteiger charge is -2.32. The minimum Gasteiger partial charge on any atom is -0.497 e. The van der Waals surface area contributed by atoms with Crippen molar-refractivity contribution in [1.29, 1.82) is 0 Å². The number of rotatable bonds is 9. The number of benzene rings is 1. The number of ether oxygens (including phenoxy) is 2. The number of hydrogen-bond donors (Lipinski definition) is 3. The van der Waals surface area contributed by atoms with Crippen LogP contribution in [0.4, 0.5) is 17.5 Å². The summed E-state index contributed by atoms with van der Waals surface area (Å²) < 4.78 is 12.4. The molecule has 0 bridgehead atoms. The minimum absolute atomic E-state index is 0.0594. The normalized spacial score (nSPS) is 15.5. The second kappa shape index (κ2) is 10.3. The van der Waals surface area contributed by atoms with Crippen molar-refractivity contribution in [2.24, 2.45) is 11.7 Å². The number of piperidine rings is 1. The van der Waals surface area contributed by atoms with E-state index in [9.17, 15) is 9.59 Å². The number of anilines is 3. The third-order valence-electron chi connectivity index (χ3n) is 5.96. The van der Waals surface area contributed by atoms with Crippen LogP contribution in [0, 0.1) is 5.92 Å². The van der Waals surface area contributed by atoms with Crippen LogP contribution in [-0.2, 0) is 4.79 Å². The molecule has 1 aliphatic heterocycles. The summed E-state index contributed by atoms with van der Waals surface area (Å²) in [5, 5.41) is 6.53. The summed E-state index contributed by atoms with van der Waals surface area (Å²) >= 11 is 0. The second-order valence-corrected chi connectivity index (χ2v) is 8.25. The van der Waals surface area contributed by atoms with Gasteiger partial charge in [0.1, 0.15) is 17.1 Å². The van der Waals surface area contributed by atoms with Gasteiger partial charge in [-0.05, 0) is 24.8 Å². The molecule has 2 amide bonds. The van der Waals surface area contributed by atoms with E-state index in [0.29, 0.717) is 41.9 Å². The highest BCUT2D eigenvalue weighted by Gasteiger charge is 2.24. The van der Waals surface area contributed by atoms with E-state index in [1.165, 1.54) is 6.08 Å². The van der Waals surface area contributed by atoms with Crippen molar-refractivity contribution < 1.29 is 19.1 Å². The Morgan fingerprint density at radius 3 is 2.66 bits per heavy atom. The summed E-state index contributed by atoms with van der Waals surface area (Å²) in [4.78, 5) is 35.2. The van der Waals surface area contributed by atoms with Gasteiger partial charge in [-0.1, -0.05) is 6.58 Å². The van der Waals surface area contributed by atoms with Crippen molar-refractivity contribution >= 4 is 34.9 Å². The molecule has 2 aromatic heterocycles. The molecule has 1 fully saturated rings. The van der Waals surface area contributed by atoms with Gasteiger partial charge in [0.25, 0.3) is 5.91 Å². The molecule has 0 saturated carbocycles. The highest BCUT2D eigenvalue weighted by Crippen LogP contribution is 2.30. The monoisotopic (exact) mass is 479 g/mol. The molecule has 0 radical (unpaired) electrons. The summed E-state index contributed by atoms with van der Waals surface area (Å²) in [5.41, 5.74) is 6.85. The number of hydrogen-bond acceptors (Lipinski definition) is 8. The number of nitrogens with zero attached hydrogens (tertiary/aromatic N) is 4. The van der Waals surface area contributed by atoms with Gasteiger partial charge >= 0.3 is 0 Å². The third-order valence-corrected chi connectivity index (χ3v) is 5.96. The zero-order valence-electron chi connectivity index (χ0n) is 19.8. The van der Waals surface area contributed by atoms with E-state index in [1.54, 1.807) is 49.2 Å². The predicted molar refractivity (Wildman–Crippen MR) is 132 cm³/mol. The highest BCUT2D eigenvalue weighted by atomic mass is 16.5. The first-order chi connectivity index (χ1) is 16.9. The van der Waals surface area contributed by atoms with Gasteiger partial charge in [-0.25, -0.2) is 4.98 Å². The number of primary amides is 1. The molecule has 1 saturated heterocycles. The Kier molecular flexibility index (Phi) is 7.04. The van der Waals surface area contributed by atoms with Crippen molar-refractivity contribution in [2.45, 2.75) is 12.8 Å². The number of imidazole rings is 1. The molecule has 4 rings (SSSR count). The van der Waals surface area contributed by atoms with Crippen LogP contribution in [0.15, 0.2) is 43.2 Å². The Hall–Kier alpha value is -4.28. The number of carbonyl (C=O) groups excluding carboxylic acids is 2. The molecule has 0 spiro atoms. The summed E-state index contributed by atoms with van der Waals surface area (Å²) in [6.07, 6.45) is 6.54. The van der Waals surface area contributed by atoms with E-state index >= 15 is 0 Å². The van der Waals surface area contributed by atoms with E-state index in [-0.39, 0.29) is 23.2 Å². The maximum absolute atomic E-state index is 12.4. The Morgan fingerprint density at radius 1 is 1.26 bits per heavy atom. The summed E-state index contributed by atoms with van der Waals surface area (Å²) in [6, 6.07) is 5.25. The average molecular weight is 480 g/mol. The van der Waals surface area contributed by atoms with Crippen LogP contribution in [-0.4, -0.2) is 64.9 Å². The number of methoxy groups -OCH3 is 2. The molecule has 3 heterocycles. The lowest BCUT2D eigenvalue weighted by atomic mass is 9.98. The van der Waals surface area contributed by atoms with Crippen LogP contribution in [0.25, 0.3) is 5.65 Å². The highest BCUT2D eigenvalue weighted by molar-refractivity contribution is 6.04. The Morgan fingerprint density at radius 2 is 2.00 bits per heavy atom. The number of amides is 2. The first kappa shape index (κ1) is 23.9. The molecule has 4 N–H and O–H groups in total. The molecule has 1 aliphatic rings. The van der Waals surface area contributed by atoms with E-state index in [2.05, 4.69) is 27.2 Å². The minimum atomic E-state index is -0.663. The van der Waals surface area contributed by atoms with Crippen LogP contribution < -0.4 is 25.8 Å². The quantitative estimate of drug-likeness (QED) is 0.398. The molecule has 3 aromatic rings. The average Bonchev–Trinajstić information content (AvgIpc) is 3.36. The summed E-state index contributed by atoms with van der Waals surface area (Å²) in [6.45, 7) is 5.54. The van der Waals surface area contributed by atoms with Gasteiger partial charge in [0.15, 0.2) is 11.5 Å². The number of aromatic nitrogens is 3. The zero-order valence-corrected chi connectivity index (χ0v) is 19.8. The van der Waals surface area contributed by atoms with Crippen LogP contribution in [0.1, 0.15) is 23.2 Å². The molecule has 11 heteroatoms. The van der Waals surface area contributed by atoms with Gasteiger partial charge in [-0.15, -0.1) is 0 Å². The second-order valence-electron chi connectivity index (χ2n) is 8.25. The fourth-order valence-electron chi connectivity index (χ4n) is 4.24. The predicted octanol–water partition coefficient (Wildman–Crippen LogP) is 2.43. The van der Waals surface area contributed by atoms with E-state index in [1.807, 2.05) is 4.90 Å². The van der Waals surface area contributed by atoms with Gasteiger partial charge in [-0.2, -0.15) is 4.98 Å². The number of nitrogens with one attached hydrogen (secondary N) is 2. The van der Waals surface area contributed by atoms with E-state index in [4.69, 9.17) is 15.2 Å². The summed E-state index contributed by atoms with van der Waals surface area (Å²) in [7, 11) is 3.11. The number of likely N-dealkylation sites (tertiary alicyclic amines) is 1. The number of carbonyl (C=O) groups is 2. The molecule has 0 aliphatic carbocycles. The Balaban J connectivity index is 1.65. The van der Waals surface area contributed by atoms with Gasteiger partial charge in [-0.3, -0.25) is 14.0 Å². The van der Waals surface area contributed by atoms with Crippen LogP contribution >= 0.6 is 0 Å². The van der Waals surface area contributed by atoms with Crippen LogP contribution in [0.3, 0.4) is 0 Å². The first-order valence-corrected chi connectivity index (χ1v) is 11.3. The third kappa shape index (κ3) is 5.13. The fraction of sp³-hybridized carbons (Fsp3) is 0.333. The summed E-state index contributed by atoms with van der Waals surface area (Å²) in [5.74, 6) is 1.41. The number of nitrogens with two attached hydrogens (primary N) is 1. The van der Waals surface area contributed by atoms with Gasteiger partial charge in [0, 0.05) is 55.9 Å². The van der Waals surface area contributed by atoms with Crippen molar-refractivity contribution in [1.82, 2.24) is 19.3 Å². The smallest absolute Gasteiger partial charge is 0.256 e. The molecule has 1 aromatic carbocycles. The van der Waals surface area contributed by atoms with E-state index < -0.39 is 5.91 Å². The molecule has 1 unspecified atom stereocenters. The van der Waals surface area contributed by atoms with Crippen molar-refractivity contribution in [3.8, 4) is 11.5 Å². The fourth-order valence-corrected chi connectivity index (χ4v) is 4.24. The van der Waals surface area contributed by atoms with E-state index in [0.717, 1.165) is 19.4 Å². The Bertz CT molecular complexity index is 1230. The zero-order chi connectivity index (χ0) is 24.9. The van der Waals surface area contributed by atoms with Crippen molar-refractivity contribution in [3.63, 3.8) is 0 Å². The maximum atomic E-state index is 12.4. The largest absolute Gasteiger partial charge is 0.497 e. The molecule has 35 heavy (non-hydrogen) atoms. The lowest BCUT2D eigenvalue weighted by molar-refractivity contribution is -0.127. The van der Waals surface area contributed by atoms with Crippen LogP contribution in [0.2, 0.25) is 0 Å². The van der Waals surface area contributed by atoms with Gasteiger partial charge < -0.3 is 30.7 Å². The topological polar surface area (TPSA) is 136 Å². The standard InChI is InChI=1S/C24H29N7O4/c1-4-19(32)30-8-5-6-15(14-30)13-27-24-29-22(20(21(25)33)23-26-7-9-31(23)24)28-16-10-17(34-2)12-18(11-16)35-3/h4,7,9-12,15,28H,1,5-6,8,13-14H2,2-3H3,(H2,25,33)(H,27,29). The molecule has 11 nitrogen and oxygen atoms in total. The molecule has 1 atom stereocenters. The molecular weight excluding hydrogens is 450 g/mol. The maximum Gasteiger partial charge on any atom is 0.256 e. The van der Waals surface area contributed by atoms with Crippen LogP contribution in [0.5, 0.6) is 11.5 Å². The van der Waals surface area contributed by atoms with Crippen molar-refractivity contribution in [3.05, 3.63) is 48.8 Å². The number of fused-ring (bicyclic) bond motifs is 1. The first-order valence-electron chi connectivity index (χ1n) is 11.3. The SMILES string of the molecule is C=CC(=O)N1CCCC(CNc2nc(Nc3cc(OC)cc(OC)c3)c(C(N)=O)c3nccn23)C1. The van der Waals surface area contributed by atoms with Gasteiger partial charge in [0.2, 0.25) is 11.9 Å². The molecular formula is C24H29N7O4.